The number of benzene rings is 3. The fourth-order valence-corrected chi connectivity index (χ4v) is 7.66. The number of rotatable bonds is 4. The van der Waals surface area contributed by atoms with Gasteiger partial charge < -0.3 is 15.2 Å². The van der Waals surface area contributed by atoms with Crippen molar-refractivity contribution in [3.05, 3.63) is 94.3 Å². The number of phenolic OH excluding ortho intramolecular Hbond substituents is 1. The van der Waals surface area contributed by atoms with E-state index in [9.17, 15) is 31.5 Å². The molecular formula is C29H26F4N2O5S. The average molecular weight is 591 g/mol. The predicted octanol–water partition coefficient (Wildman–Crippen LogP) is 6.23. The molecule has 0 saturated heterocycles. The summed E-state index contributed by atoms with van der Waals surface area (Å²) in [5.41, 5.74) is -1.33. The Balaban J connectivity index is 1.72. The summed E-state index contributed by atoms with van der Waals surface area (Å²) in [6.07, 6.45) is -5.42. The summed E-state index contributed by atoms with van der Waals surface area (Å²) < 4.78 is 91.2. The maximum absolute atomic E-state index is 15.9. The lowest BCUT2D eigenvalue weighted by Crippen LogP contribution is -2.46. The van der Waals surface area contributed by atoms with Crippen molar-refractivity contribution in [3.63, 3.8) is 0 Å². The molecule has 3 aromatic rings. The van der Waals surface area contributed by atoms with E-state index in [4.69, 9.17) is 4.74 Å². The molecule has 0 radical (unpaired) electrons. The number of hydrogen-bond donors (Lipinski definition) is 2. The van der Waals surface area contributed by atoms with Gasteiger partial charge in [-0.25, -0.2) is 12.8 Å². The highest BCUT2D eigenvalue weighted by atomic mass is 32.2. The summed E-state index contributed by atoms with van der Waals surface area (Å²) in [4.78, 5) is 12.6. The number of fused-ring (bicyclic) bond motifs is 1. The van der Waals surface area contributed by atoms with E-state index in [1.165, 1.54) is 18.2 Å². The lowest BCUT2D eigenvalue weighted by atomic mass is 9.88. The van der Waals surface area contributed by atoms with Crippen molar-refractivity contribution in [2.45, 2.75) is 39.1 Å². The molecule has 12 heteroatoms. The van der Waals surface area contributed by atoms with Gasteiger partial charge in [-0.15, -0.1) is 0 Å². The molecule has 216 valence electrons. The number of carbonyl (C=O) groups excluding carboxylic acids is 1. The van der Waals surface area contributed by atoms with Crippen molar-refractivity contribution >= 4 is 27.1 Å². The van der Waals surface area contributed by atoms with Crippen molar-refractivity contribution < 1.29 is 40.6 Å². The van der Waals surface area contributed by atoms with E-state index < -0.39 is 66.9 Å². The molecule has 1 unspecified atom stereocenters. The van der Waals surface area contributed by atoms with E-state index in [0.29, 0.717) is 0 Å². The van der Waals surface area contributed by atoms with Gasteiger partial charge in [0.2, 0.25) is 0 Å². The molecule has 2 aliphatic heterocycles. The number of allylic oxidation sites excluding steroid dienone is 1. The summed E-state index contributed by atoms with van der Waals surface area (Å²) in [6, 6.07) is 13.8. The highest BCUT2D eigenvalue weighted by Gasteiger charge is 2.53. The predicted molar refractivity (Wildman–Crippen MR) is 144 cm³/mol. The molecule has 0 spiro atoms. The number of halogens is 4. The molecular weight excluding hydrogens is 564 g/mol. The number of anilines is 2. The summed E-state index contributed by atoms with van der Waals surface area (Å²) in [6.45, 7) is 3.41. The summed E-state index contributed by atoms with van der Waals surface area (Å²) >= 11 is 0. The molecule has 2 aliphatic rings. The Morgan fingerprint density at radius 3 is 2.46 bits per heavy atom. The van der Waals surface area contributed by atoms with Crippen LogP contribution in [0.3, 0.4) is 0 Å². The minimum atomic E-state index is -5.46. The van der Waals surface area contributed by atoms with E-state index in [0.717, 1.165) is 23.8 Å². The van der Waals surface area contributed by atoms with Gasteiger partial charge in [-0.05, 0) is 41.7 Å². The Kier molecular flexibility index (Phi) is 7.01. The van der Waals surface area contributed by atoms with Crippen LogP contribution in [-0.2, 0) is 21.2 Å². The van der Waals surface area contributed by atoms with Gasteiger partial charge in [0.15, 0.2) is 9.84 Å². The van der Waals surface area contributed by atoms with Crippen molar-refractivity contribution in [2.24, 2.45) is 5.41 Å². The van der Waals surface area contributed by atoms with Crippen LogP contribution in [0, 0.1) is 11.2 Å². The SMILES string of the molecule is CC1(C)CC2=C(C(c3ccc(OCc4ccccc4)cc3F)N(C(=O)C(F)(F)F)c3cccc(O)c3N2)S(=O)(=O)C1. The Bertz CT molecular complexity index is 1650. The number of phenols is 1. The third kappa shape index (κ3) is 5.48. The van der Waals surface area contributed by atoms with E-state index >= 15 is 4.39 Å². The van der Waals surface area contributed by atoms with Gasteiger partial charge in [0.25, 0.3) is 0 Å². The number of sulfone groups is 1. The topological polar surface area (TPSA) is 95.9 Å². The molecule has 7 nitrogen and oxygen atoms in total. The van der Waals surface area contributed by atoms with Gasteiger partial charge in [-0.3, -0.25) is 9.69 Å². The molecule has 2 N–H and O–H groups in total. The van der Waals surface area contributed by atoms with Crippen LogP contribution in [0.2, 0.25) is 0 Å². The van der Waals surface area contributed by atoms with Crippen molar-refractivity contribution in [3.8, 4) is 11.5 Å². The first kappa shape index (κ1) is 28.5. The summed E-state index contributed by atoms with van der Waals surface area (Å²) in [5.74, 6) is -4.41. The maximum Gasteiger partial charge on any atom is 0.471 e. The first-order valence-corrected chi connectivity index (χ1v) is 14.2. The number of hydrogen-bond acceptors (Lipinski definition) is 6. The number of carbonyl (C=O) groups is 1. The average Bonchev–Trinajstić information content (AvgIpc) is 3.01. The lowest BCUT2D eigenvalue weighted by molar-refractivity contribution is -0.170. The van der Waals surface area contributed by atoms with Crippen LogP contribution in [0.15, 0.2) is 77.3 Å². The highest BCUT2D eigenvalue weighted by Crippen LogP contribution is 2.52. The Morgan fingerprint density at radius 1 is 1.10 bits per heavy atom. The van der Waals surface area contributed by atoms with Crippen LogP contribution in [-0.4, -0.2) is 31.4 Å². The fourth-order valence-electron chi connectivity index (χ4n) is 5.31. The standard InChI is InChI=1S/C29H26F4N2O5S/c1-28(2)14-21-26(41(38,39)16-28)25(19-12-11-18(13-20(19)30)40-15-17-7-4-3-5-8-17)35(27(37)29(31,32)33)22-9-6-10-23(36)24(22)34-21/h3-13,25,34,36H,14-16H2,1-2H3. The number of nitrogens with zero attached hydrogens (tertiary/aromatic N) is 1. The number of amides is 1. The zero-order chi connectivity index (χ0) is 29.7. The fraction of sp³-hybridized carbons (Fsp3) is 0.276. The number of ether oxygens (including phenoxy) is 1. The molecule has 5 rings (SSSR count). The molecule has 0 bridgehead atoms. The molecule has 0 aliphatic carbocycles. The monoisotopic (exact) mass is 590 g/mol. The number of para-hydroxylation sites is 1. The van der Waals surface area contributed by atoms with E-state index in [1.807, 2.05) is 6.07 Å². The van der Waals surface area contributed by atoms with E-state index in [-0.39, 0.29) is 35.1 Å². The van der Waals surface area contributed by atoms with Crippen LogP contribution in [0.4, 0.5) is 28.9 Å². The zero-order valence-corrected chi connectivity index (χ0v) is 22.8. The molecule has 0 saturated carbocycles. The molecule has 0 fully saturated rings. The van der Waals surface area contributed by atoms with Gasteiger partial charge in [0, 0.05) is 17.3 Å². The maximum atomic E-state index is 15.9. The summed E-state index contributed by atoms with van der Waals surface area (Å²) in [5, 5.41) is 13.4. The van der Waals surface area contributed by atoms with Crippen LogP contribution in [0.5, 0.6) is 11.5 Å². The van der Waals surface area contributed by atoms with Crippen LogP contribution < -0.4 is 15.0 Å². The minimum absolute atomic E-state index is 0.0321. The van der Waals surface area contributed by atoms with Gasteiger partial charge in [-0.1, -0.05) is 50.2 Å². The normalized spacial score (nSPS) is 19.5. The third-order valence-corrected chi connectivity index (χ3v) is 9.21. The second-order valence-electron chi connectivity index (χ2n) is 10.8. The molecule has 0 aromatic heterocycles. The van der Waals surface area contributed by atoms with Crippen molar-refractivity contribution in [1.29, 1.82) is 0 Å². The first-order valence-electron chi connectivity index (χ1n) is 12.6. The van der Waals surface area contributed by atoms with Crippen molar-refractivity contribution in [1.82, 2.24) is 0 Å². The molecule has 1 amide bonds. The van der Waals surface area contributed by atoms with E-state index in [1.54, 1.807) is 38.1 Å². The first-order chi connectivity index (χ1) is 19.2. The van der Waals surface area contributed by atoms with Crippen LogP contribution in [0.1, 0.15) is 37.4 Å². The quantitative estimate of drug-likeness (QED) is 0.276. The third-order valence-electron chi connectivity index (χ3n) is 6.91. The van der Waals surface area contributed by atoms with Gasteiger partial charge in [0.05, 0.1) is 16.3 Å². The Hall–Kier alpha value is -4.06. The molecule has 41 heavy (non-hydrogen) atoms. The van der Waals surface area contributed by atoms with E-state index in [2.05, 4.69) is 5.32 Å². The second kappa shape index (κ2) is 10.1. The smallest absolute Gasteiger partial charge is 0.471 e. The molecule has 2 heterocycles. The Labute approximate surface area is 234 Å². The number of aromatic hydroxyl groups is 1. The number of nitrogens with one attached hydrogen (secondary N) is 1. The summed E-state index contributed by atoms with van der Waals surface area (Å²) in [7, 11) is -4.35. The van der Waals surface area contributed by atoms with Gasteiger partial charge >= 0.3 is 12.1 Å². The minimum Gasteiger partial charge on any atom is -0.506 e. The van der Waals surface area contributed by atoms with Crippen molar-refractivity contribution in [2.75, 3.05) is 16.0 Å². The molecule has 3 aromatic carbocycles. The van der Waals surface area contributed by atoms with Gasteiger partial charge in [0.1, 0.15) is 35.7 Å². The lowest BCUT2D eigenvalue weighted by Gasteiger charge is -2.37. The largest absolute Gasteiger partial charge is 0.506 e. The number of alkyl halides is 3. The van der Waals surface area contributed by atoms with Crippen LogP contribution >= 0.6 is 0 Å². The Morgan fingerprint density at radius 2 is 1.80 bits per heavy atom. The molecule has 1 atom stereocenters. The highest BCUT2D eigenvalue weighted by molar-refractivity contribution is 7.95. The second-order valence-corrected chi connectivity index (χ2v) is 12.7. The van der Waals surface area contributed by atoms with Gasteiger partial charge in [-0.2, -0.15) is 13.2 Å². The zero-order valence-electron chi connectivity index (χ0n) is 22.0. The van der Waals surface area contributed by atoms with Crippen LogP contribution in [0.25, 0.3) is 0 Å².